The lowest BCUT2D eigenvalue weighted by Gasteiger charge is -2.21. The average molecular weight is 243 g/mol. The number of rotatable bonds is 4. The largest absolute Gasteiger partial charge is 0.399 e. The van der Waals surface area contributed by atoms with Crippen LogP contribution in [0.5, 0.6) is 0 Å². The second-order valence-electron chi connectivity index (χ2n) is 4.46. The van der Waals surface area contributed by atoms with E-state index in [9.17, 15) is 13.6 Å². The van der Waals surface area contributed by atoms with Gasteiger partial charge in [0, 0.05) is 12.2 Å². The van der Waals surface area contributed by atoms with Crippen molar-refractivity contribution in [2.75, 3.05) is 17.6 Å². The number of nitrogen functional groups attached to an aromatic ring is 1. The predicted octanol–water partition coefficient (Wildman–Crippen LogP) is 1.47. The van der Waals surface area contributed by atoms with Crippen molar-refractivity contribution in [1.29, 1.82) is 0 Å². The Hall–Kier alpha value is -1.85. The summed E-state index contributed by atoms with van der Waals surface area (Å²) in [6, 6.07) is 2.01. The Kier molecular flexibility index (Phi) is 3.55. The highest BCUT2D eigenvalue weighted by Gasteiger charge is 2.25. The maximum absolute atomic E-state index is 13.4. The van der Waals surface area contributed by atoms with Crippen molar-refractivity contribution in [3.63, 3.8) is 0 Å². The molecular formula is C11H15F2N3O. The first-order chi connectivity index (χ1) is 7.74. The first-order valence-electron chi connectivity index (χ1n) is 5.02. The monoisotopic (exact) mass is 243 g/mol. The van der Waals surface area contributed by atoms with E-state index >= 15 is 0 Å². The summed E-state index contributed by atoms with van der Waals surface area (Å²) in [5.41, 5.74) is 9.21. The molecule has 0 spiro atoms. The molecule has 1 amide bonds. The van der Waals surface area contributed by atoms with Gasteiger partial charge >= 0.3 is 0 Å². The Morgan fingerprint density at radius 1 is 1.35 bits per heavy atom. The normalized spacial score (nSPS) is 11.3. The molecule has 0 radical (unpaired) electrons. The van der Waals surface area contributed by atoms with Gasteiger partial charge in [-0.05, 0) is 26.0 Å². The summed E-state index contributed by atoms with van der Waals surface area (Å²) in [6.07, 6.45) is 0. The average Bonchev–Trinajstić information content (AvgIpc) is 2.15. The number of amides is 1. The van der Waals surface area contributed by atoms with E-state index in [0.29, 0.717) is 0 Å². The maximum atomic E-state index is 13.4. The summed E-state index contributed by atoms with van der Waals surface area (Å²) < 4.78 is 26.8. The van der Waals surface area contributed by atoms with Crippen molar-refractivity contribution in [1.82, 2.24) is 0 Å². The molecule has 1 rings (SSSR count). The molecule has 0 aromatic heterocycles. The molecule has 0 bridgehead atoms. The number of halogens is 2. The fourth-order valence-corrected chi connectivity index (χ4v) is 1.16. The Morgan fingerprint density at radius 2 is 1.82 bits per heavy atom. The first-order valence-corrected chi connectivity index (χ1v) is 5.02. The van der Waals surface area contributed by atoms with Crippen molar-refractivity contribution in [2.24, 2.45) is 11.1 Å². The molecule has 6 heteroatoms. The summed E-state index contributed by atoms with van der Waals surface area (Å²) in [5.74, 6) is -2.16. The molecule has 0 saturated heterocycles. The van der Waals surface area contributed by atoms with Crippen LogP contribution in [0, 0.1) is 17.0 Å². The van der Waals surface area contributed by atoms with Gasteiger partial charge in [-0.15, -0.1) is 0 Å². The number of nitrogens with two attached hydrogens (primary N) is 2. The molecule has 0 saturated carbocycles. The quantitative estimate of drug-likeness (QED) is 0.700. The molecule has 1 aromatic carbocycles. The summed E-state index contributed by atoms with van der Waals surface area (Å²) >= 11 is 0. The summed E-state index contributed by atoms with van der Waals surface area (Å²) in [7, 11) is 0. The van der Waals surface area contributed by atoms with E-state index in [-0.39, 0.29) is 17.9 Å². The number of nitrogens with one attached hydrogen (secondary N) is 1. The second kappa shape index (κ2) is 4.57. The fourth-order valence-electron chi connectivity index (χ4n) is 1.16. The highest BCUT2D eigenvalue weighted by Crippen LogP contribution is 2.24. The van der Waals surface area contributed by atoms with Crippen LogP contribution < -0.4 is 16.8 Å². The van der Waals surface area contributed by atoms with E-state index in [2.05, 4.69) is 5.32 Å². The molecule has 0 atom stereocenters. The smallest absolute Gasteiger partial charge is 0.224 e. The summed E-state index contributed by atoms with van der Waals surface area (Å²) in [4.78, 5) is 11.0. The van der Waals surface area contributed by atoms with Crippen LogP contribution >= 0.6 is 0 Å². The minimum absolute atomic E-state index is 0.000267. The highest BCUT2D eigenvalue weighted by molar-refractivity contribution is 5.80. The van der Waals surface area contributed by atoms with Gasteiger partial charge in [0.1, 0.15) is 5.69 Å². The van der Waals surface area contributed by atoms with E-state index in [4.69, 9.17) is 11.5 Å². The van der Waals surface area contributed by atoms with Crippen LogP contribution in [0.15, 0.2) is 12.1 Å². The van der Waals surface area contributed by atoms with Crippen LogP contribution in [0.1, 0.15) is 13.8 Å². The third-order valence-corrected chi connectivity index (χ3v) is 2.44. The molecule has 17 heavy (non-hydrogen) atoms. The fraction of sp³-hybridized carbons (Fsp3) is 0.364. The Labute approximate surface area is 98.0 Å². The Morgan fingerprint density at radius 3 is 2.24 bits per heavy atom. The van der Waals surface area contributed by atoms with Gasteiger partial charge in [0.2, 0.25) is 5.91 Å². The number of carbonyl (C=O) groups excluding carboxylic acids is 1. The van der Waals surface area contributed by atoms with Gasteiger partial charge in [-0.1, -0.05) is 0 Å². The zero-order chi connectivity index (χ0) is 13.2. The maximum Gasteiger partial charge on any atom is 0.224 e. The SMILES string of the molecule is CC(C)(CNc1c(F)cc(N)cc1F)C(N)=O. The number of benzene rings is 1. The van der Waals surface area contributed by atoms with Crippen LogP contribution in [0.2, 0.25) is 0 Å². The van der Waals surface area contributed by atoms with Crippen molar-refractivity contribution >= 4 is 17.3 Å². The molecule has 1 aromatic rings. The predicted molar refractivity (Wildman–Crippen MR) is 62.2 cm³/mol. The summed E-state index contributed by atoms with van der Waals surface area (Å²) in [6.45, 7) is 3.19. The zero-order valence-electron chi connectivity index (χ0n) is 9.68. The number of anilines is 2. The molecule has 0 unspecified atom stereocenters. The van der Waals surface area contributed by atoms with Gasteiger partial charge in [-0.2, -0.15) is 0 Å². The van der Waals surface area contributed by atoms with Crippen LogP contribution in [0.4, 0.5) is 20.2 Å². The van der Waals surface area contributed by atoms with Gasteiger partial charge in [-0.3, -0.25) is 4.79 Å². The van der Waals surface area contributed by atoms with Crippen LogP contribution in [0.3, 0.4) is 0 Å². The molecular weight excluding hydrogens is 228 g/mol. The molecule has 4 nitrogen and oxygen atoms in total. The number of hydrogen-bond acceptors (Lipinski definition) is 3. The highest BCUT2D eigenvalue weighted by atomic mass is 19.1. The van der Waals surface area contributed by atoms with Crippen molar-refractivity contribution in [2.45, 2.75) is 13.8 Å². The molecule has 0 aliphatic carbocycles. The number of primary amides is 1. The third kappa shape index (κ3) is 3.05. The lowest BCUT2D eigenvalue weighted by molar-refractivity contribution is -0.125. The minimum Gasteiger partial charge on any atom is -0.399 e. The Balaban J connectivity index is 2.87. The van der Waals surface area contributed by atoms with Crippen LogP contribution in [-0.4, -0.2) is 12.5 Å². The molecule has 5 N–H and O–H groups in total. The first kappa shape index (κ1) is 13.2. The van der Waals surface area contributed by atoms with E-state index in [1.165, 1.54) is 0 Å². The standard InChI is InChI=1S/C11H15F2N3O/c1-11(2,10(15)17)5-16-9-7(12)3-6(14)4-8(9)13/h3-4,16H,5,14H2,1-2H3,(H2,15,17). The van der Waals surface area contributed by atoms with Crippen molar-refractivity contribution in [3.8, 4) is 0 Å². The Bertz CT molecular complexity index is 423. The van der Waals surface area contributed by atoms with Crippen LogP contribution in [-0.2, 0) is 4.79 Å². The van der Waals surface area contributed by atoms with Gasteiger partial charge in [-0.25, -0.2) is 8.78 Å². The van der Waals surface area contributed by atoms with E-state index in [0.717, 1.165) is 12.1 Å². The van der Waals surface area contributed by atoms with Gasteiger partial charge in [0.15, 0.2) is 11.6 Å². The molecule has 0 aliphatic rings. The minimum atomic E-state index is -0.903. The van der Waals surface area contributed by atoms with Gasteiger partial charge in [0.25, 0.3) is 0 Å². The molecule has 0 fully saturated rings. The topological polar surface area (TPSA) is 81.1 Å². The number of hydrogen-bond donors (Lipinski definition) is 3. The van der Waals surface area contributed by atoms with Crippen molar-refractivity contribution in [3.05, 3.63) is 23.8 Å². The molecule has 94 valence electrons. The molecule has 0 heterocycles. The zero-order valence-corrected chi connectivity index (χ0v) is 9.68. The van der Waals surface area contributed by atoms with Gasteiger partial charge in [0.05, 0.1) is 5.41 Å². The third-order valence-electron chi connectivity index (χ3n) is 2.44. The van der Waals surface area contributed by atoms with Crippen LogP contribution in [0.25, 0.3) is 0 Å². The summed E-state index contributed by atoms with van der Waals surface area (Å²) in [5, 5.41) is 2.52. The van der Waals surface area contributed by atoms with E-state index < -0.39 is 23.0 Å². The lowest BCUT2D eigenvalue weighted by atomic mass is 9.92. The van der Waals surface area contributed by atoms with E-state index in [1.807, 2.05) is 0 Å². The number of carbonyl (C=O) groups is 1. The molecule has 0 aliphatic heterocycles. The second-order valence-corrected chi connectivity index (χ2v) is 4.46. The van der Waals surface area contributed by atoms with Crippen molar-refractivity contribution < 1.29 is 13.6 Å². The lowest BCUT2D eigenvalue weighted by Crippen LogP contribution is -2.37. The van der Waals surface area contributed by atoms with E-state index in [1.54, 1.807) is 13.8 Å². The van der Waals surface area contributed by atoms with Gasteiger partial charge < -0.3 is 16.8 Å².